The van der Waals surface area contributed by atoms with E-state index in [0.29, 0.717) is 11.3 Å². The predicted molar refractivity (Wildman–Crippen MR) is 77.8 cm³/mol. The lowest BCUT2D eigenvalue weighted by molar-refractivity contribution is 0.251. The van der Waals surface area contributed by atoms with Gasteiger partial charge < -0.3 is 4.74 Å². The molecule has 0 aliphatic heterocycles. The molecule has 0 radical (unpaired) electrons. The number of aryl methyl sites for hydroxylation is 1. The number of hydrogen-bond acceptors (Lipinski definition) is 4. The molecule has 0 saturated heterocycles. The van der Waals surface area contributed by atoms with Gasteiger partial charge in [0.05, 0.1) is 24.0 Å². The van der Waals surface area contributed by atoms with E-state index in [2.05, 4.69) is 0 Å². The van der Waals surface area contributed by atoms with Crippen molar-refractivity contribution in [3.63, 3.8) is 0 Å². The van der Waals surface area contributed by atoms with Crippen molar-refractivity contribution in [2.45, 2.75) is 26.7 Å². The summed E-state index contributed by atoms with van der Waals surface area (Å²) in [7, 11) is -3.51. The maximum Gasteiger partial charge on any atom is 0.209 e. The van der Waals surface area contributed by atoms with Crippen LogP contribution in [0.5, 0.6) is 5.75 Å². The third kappa shape index (κ3) is 5.59. The number of sulfonamides is 1. The molecule has 1 unspecified atom stereocenters. The highest BCUT2D eigenvalue weighted by Gasteiger charge is 2.16. The molecule has 6 heteroatoms. The lowest BCUT2D eigenvalue weighted by Crippen LogP contribution is -2.27. The molecule has 1 aromatic rings. The van der Waals surface area contributed by atoms with E-state index in [1.54, 1.807) is 12.1 Å². The van der Waals surface area contributed by atoms with Crippen molar-refractivity contribution in [3.8, 4) is 11.8 Å². The maximum atomic E-state index is 11.2. The van der Waals surface area contributed by atoms with Crippen LogP contribution in [0.4, 0.5) is 0 Å². The van der Waals surface area contributed by atoms with Crippen LogP contribution in [0, 0.1) is 24.2 Å². The number of nitrogens with zero attached hydrogens (tertiary/aromatic N) is 1. The average Bonchev–Trinajstić information content (AvgIpc) is 2.36. The van der Waals surface area contributed by atoms with E-state index in [9.17, 15) is 8.42 Å². The number of primary sulfonamides is 1. The first-order valence-electron chi connectivity index (χ1n) is 6.49. The minimum atomic E-state index is -3.51. The Morgan fingerprint density at radius 3 is 2.70 bits per heavy atom. The molecule has 0 aliphatic rings. The first-order valence-corrected chi connectivity index (χ1v) is 8.21. The molecule has 1 atom stereocenters. The van der Waals surface area contributed by atoms with Crippen LogP contribution in [0.3, 0.4) is 0 Å². The fraction of sp³-hybridized carbons (Fsp3) is 0.500. The van der Waals surface area contributed by atoms with E-state index in [1.165, 1.54) is 0 Å². The topological polar surface area (TPSA) is 93.2 Å². The zero-order valence-corrected chi connectivity index (χ0v) is 12.6. The van der Waals surface area contributed by atoms with E-state index in [-0.39, 0.29) is 18.3 Å². The van der Waals surface area contributed by atoms with E-state index >= 15 is 0 Å². The Kier molecular flexibility index (Phi) is 5.99. The van der Waals surface area contributed by atoms with Gasteiger partial charge in [-0.1, -0.05) is 19.4 Å². The van der Waals surface area contributed by atoms with Gasteiger partial charge in [0.15, 0.2) is 0 Å². The lowest BCUT2D eigenvalue weighted by Gasteiger charge is -2.17. The van der Waals surface area contributed by atoms with Crippen LogP contribution in [0.2, 0.25) is 0 Å². The smallest absolute Gasteiger partial charge is 0.209 e. The molecule has 1 aromatic carbocycles. The summed E-state index contributed by atoms with van der Waals surface area (Å²) in [6.07, 6.45) is 1.59. The van der Waals surface area contributed by atoms with E-state index in [0.717, 1.165) is 18.4 Å². The molecule has 0 fully saturated rings. The standard InChI is InChI=1S/C14H20N2O3S/c1-3-4-13(10-20(16,17)18)9-19-14-7-12(8-15)6-5-11(14)2/h5-7,13H,3-4,9-10H2,1-2H3,(H2,16,17,18). The number of ether oxygens (including phenoxy) is 1. The van der Waals surface area contributed by atoms with Gasteiger partial charge in [0.25, 0.3) is 0 Å². The van der Waals surface area contributed by atoms with Gasteiger partial charge in [-0.25, -0.2) is 13.6 Å². The average molecular weight is 296 g/mol. The van der Waals surface area contributed by atoms with Crippen molar-refractivity contribution in [2.75, 3.05) is 12.4 Å². The molecule has 0 heterocycles. The monoisotopic (exact) mass is 296 g/mol. The Bertz CT molecular complexity index is 591. The second kappa shape index (κ2) is 7.27. The zero-order chi connectivity index (χ0) is 15.2. The van der Waals surface area contributed by atoms with Crippen molar-refractivity contribution >= 4 is 10.0 Å². The summed E-state index contributed by atoms with van der Waals surface area (Å²) in [6.45, 7) is 4.14. The minimum absolute atomic E-state index is 0.0855. The van der Waals surface area contributed by atoms with Crippen LogP contribution in [0.15, 0.2) is 18.2 Å². The molecule has 20 heavy (non-hydrogen) atoms. The first kappa shape index (κ1) is 16.5. The van der Waals surface area contributed by atoms with Crippen molar-refractivity contribution in [1.82, 2.24) is 0 Å². The van der Waals surface area contributed by atoms with E-state index in [1.807, 2.05) is 26.0 Å². The van der Waals surface area contributed by atoms with Crippen LogP contribution < -0.4 is 9.88 Å². The summed E-state index contributed by atoms with van der Waals surface area (Å²) in [5, 5.41) is 14.0. The molecule has 0 amide bonds. The Morgan fingerprint density at radius 1 is 1.45 bits per heavy atom. The summed E-state index contributed by atoms with van der Waals surface area (Å²) < 4.78 is 28.0. The zero-order valence-electron chi connectivity index (χ0n) is 11.8. The molecular weight excluding hydrogens is 276 g/mol. The highest BCUT2D eigenvalue weighted by Crippen LogP contribution is 2.21. The summed E-state index contributed by atoms with van der Waals surface area (Å²) in [4.78, 5) is 0. The normalized spacial score (nSPS) is 12.7. The quantitative estimate of drug-likeness (QED) is 0.832. The molecule has 0 bridgehead atoms. The SMILES string of the molecule is CCCC(COc1cc(C#N)ccc1C)CS(N)(=O)=O. The lowest BCUT2D eigenvalue weighted by atomic mass is 10.1. The van der Waals surface area contributed by atoms with Crippen molar-refractivity contribution in [3.05, 3.63) is 29.3 Å². The van der Waals surface area contributed by atoms with Crippen LogP contribution in [0.1, 0.15) is 30.9 Å². The van der Waals surface area contributed by atoms with Crippen molar-refractivity contribution in [1.29, 1.82) is 5.26 Å². The molecular formula is C14H20N2O3S. The fourth-order valence-corrected chi connectivity index (χ4v) is 2.90. The second-order valence-corrected chi connectivity index (χ2v) is 6.55. The maximum absolute atomic E-state index is 11.2. The third-order valence-electron chi connectivity index (χ3n) is 2.96. The molecule has 0 saturated carbocycles. The van der Waals surface area contributed by atoms with E-state index in [4.69, 9.17) is 15.1 Å². The Labute approximate surface area is 120 Å². The predicted octanol–water partition coefficient (Wildman–Crippen LogP) is 1.95. The van der Waals surface area contributed by atoms with Gasteiger partial charge in [-0.2, -0.15) is 5.26 Å². The van der Waals surface area contributed by atoms with Gasteiger partial charge in [0.1, 0.15) is 5.75 Å². The van der Waals surface area contributed by atoms with Gasteiger partial charge in [-0.3, -0.25) is 0 Å². The van der Waals surface area contributed by atoms with Crippen molar-refractivity contribution in [2.24, 2.45) is 11.1 Å². The van der Waals surface area contributed by atoms with Crippen LogP contribution in [-0.2, 0) is 10.0 Å². The Hall–Kier alpha value is -1.58. The highest BCUT2D eigenvalue weighted by atomic mass is 32.2. The Morgan fingerprint density at radius 2 is 2.15 bits per heavy atom. The summed E-state index contributed by atoms with van der Waals surface area (Å²) in [5.74, 6) is 0.386. The number of benzene rings is 1. The largest absolute Gasteiger partial charge is 0.493 e. The molecule has 0 spiro atoms. The highest BCUT2D eigenvalue weighted by molar-refractivity contribution is 7.89. The van der Waals surface area contributed by atoms with E-state index < -0.39 is 10.0 Å². The van der Waals surface area contributed by atoms with Crippen LogP contribution in [-0.4, -0.2) is 20.8 Å². The van der Waals surface area contributed by atoms with Gasteiger partial charge >= 0.3 is 0 Å². The number of nitriles is 1. The summed E-state index contributed by atoms with van der Waals surface area (Å²) >= 11 is 0. The minimum Gasteiger partial charge on any atom is -0.493 e. The fourth-order valence-electron chi connectivity index (χ4n) is 1.98. The van der Waals surface area contributed by atoms with Gasteiger partial charge in [-0.05, 0) is 31.0 Å². The van der Waals surface area contributed by atoms with Gasteiger partial charge in [-0.15, -0.1) is 0 Å². The summed E-state index contributed by atoms with van der Waals surface area (Å²) in [5.41, 5.74) is 1.43. The summed E-state index contributed by atoms with van der Waals surface area (Å²) in [6, 6.07) is 7.24. The van der Waals surface area contributed by atoms with Gasteiger partial charge in [0.2, 0.25) is 10.0 Å². The third-order valence-corrected chi connectivity index (χ3v) is 3.89. The van der Waals surface area contributed by atoms with Crippen LogP contribution >= 0.6 is 0 Å². The molecule has 2 N–H and O–H groups in total. The molecule has 5 nitrogen and oxygen atoms in total. The van der Waals surface area contributed by atoms with Gasteiger partial charge in [0, 0.05) is 5.92 Å². The number of rotatable bonds is 7. The van der Waals surface area contributed by atoms with Crippen LogP contribution in [0.25, 0.3) is 0 Å². The second-order valence-electron chi connectivity index (χ2n) is 4.89. The number of nitrogens with two attached hydrogens (primary N) is 1. The molecule has 110 valence electrons. The first-order chi connectivity index (χ1) is 9.35. The molecule has 1 rings (SSSR count). The molecule has 0 aromatic heterocycles. The number of hydrogen-bond donors (Lipinski definition) is 1. The Balaban J connectivity index is 2.75. The van der Waals surface area contributed by atoms with Crippen molar-refractivity contribution < 1.29 is 13.2 Å². The molecule has 0 aliphatic carbocycles.